The molecule has 65 heavy (non-hydrogen) atoms. The molecule has 2 aliphatic rings. The number of hydrogen-bond acceptors (Lipinski definition) is 5. The molecule has 0 N–H and O–H groups in total. The van der Waals surface area contributed by atoms with Crippen molar-refractivity contribution in [2.45, 2.75) is 38.5 Å². The van der Waals surface area contributed by atoms with Crippen molar-refractivity contribution >= 4 is 44.2 Å². The van der Waals surface area contributed by atoms with E-state index in [1.807, 2.05) is 54.7 Å². The van der Waals surface area contributed by atoms with Crippen molar-refractivity contribution < 1.29 is 23.0 Å². The molecule has 8 nitrogen and oxygen atoms in total. The number of nitrogens with zero attached hydrogens (tertiary/aromatic N) is 7. The Morgan fingerprint density at radius 3 is 1.95 bits per heavy atom. The summed E-state index contributed by atoms with van der Waals surface area (Å²) in [6.07, 6.45) is 13.7. The fourth-order valence-electron chi connectivity index (χ4n) is 9.68. The van der Waals surface area contributed by atoms with Crippen LogP contribution in [0.2, 0.25) is 0 Å². The summed E-state index contributed by atoms with van der Waals surface area (Å²) in [7, 11) is 0. The Hall–Kier alpha value is -7.71. The molecule has 2 saturated heterocycles. The summed E-state index contributed by atoms with van der Waals surface area (Å²) >= 11 is 0. The molecule has 0 radical (unpaired) electrons. The molecule has 0 spiro atoms. The molecular weight excluding hydrogens is 799 g/mol. The number of hydrogen-bond donors (Lipinski definition) is 0. The maximum Gasteiger partial charge on any atom is 0.271 e. The number of benzene rings is 6. The average Bonchev–Trinajstić information content (AvgIpc) is 4.00. The van der Waals surface area contributed by atoms with Gasteiger partial charge in [0.15, 0.2) is 5.82 Å². The van der Waals surface area contributed by atoms with Crippen molar-refractivity contribution in [3.05, 3.63) is 182 Å². The van der Waals surface area contributed by atoms with Crippen LogP contribution in [-0.2, 0) is 0 Å². The maximum atomic E-state index is 9.16. The van der Waals surface area contributed by atoms with Gasteiger partial charge in [-0.2, -0.15) is 0 Å². The number of aromatic nitrogens is 5. The third-order valence-corrected chi connectivity index (χ3v) is 12.7. The van der Waals surface area contributed by atoms with E-state index in [9.17, 15) is 0 Å². The quantitative estimate of drug-likeness (QED) is 0.107. The number of piperidine rings is 2. The van der Waals surface area contributed by atoms with Crippen LogP contribution < -0.4 is 19.1 Å². The second-order valence-electron chi connectivity index (χ2n) is 16.6. The van der Waals surface area contributed by atoms with Crippen molar-refractivity contribution in [2.75, 3.05) is 36.0 Å². The Kier molecular flexibility index (Phi) is 7.64. The van der Waals surface area contributed by atoms with Gasteiger partial charge in [-0.05, 0) is 97.2 Å². The molecule has 318 valence electrons. The van der Waals surface area contributed by atoms with Gasteiger partial charge >= 0.3 is 0 Å². The summed E-state index contributed by atoms with van der Waals surface area (Å²) in [5.74, 6) is 2.28. The Balaban J connectivity index is 1.05. The van der Waals surface area contributed by atoms with Gasteiger partial charge < -0.3 is 14.5 Å². The van der Waals surface area contributed by atoms with E-state index >= 15 is 0 Å². The Morgan fingerprint density at radius 1 is 0.554 bits per heavy atom. The minimum absolute atomic E-state index is 0.130. The predicted octanol–water partition coefficient (Wildman–Crippen LogP) is 12.7. The summed E-state index contributed by atoms with van der Waals surface area (Å²) in [6.45, 7) is 3.59. The molecule has 0 saturated carbocycles. The standard InChI is InChI=1S/C57H49N7O/c1-5-17-41(18-6-1)46-22-15-23-47(42-19-7-2-8-20-42)56(46)62-40-63(57-51(25-16-26-52(57)62)61-35-13-4-14-36-61)54-39-45(30-32-58-54)65-44-27-28-49-48-21-9-10-24-50(48)64(53(49)38-44)55-37-43(29-31-59-55)60-33-11-3-12-34-60/h1-2,5-10,15-32,37-39H,3-4,11-14,33-36H2/i1D,2D,5D,6D,7D,8D,17D,18D,19D,20D. The molecule has 2 fully saturated rings. The summed E-state index contributed by atoms with van der Waals surface area (Å²) in [4.78, 5) is 14.5. The first-order chi connectivity index (χ1) is 36.4. The van der Waals surface area contributed by atoms with Gasteiger partial charge in [-0.3, -0.25) is 18.7 Å². The van der Waals surface area contributed by atoms with E-state index in [1.54, 1.807) is 39.6 Å². The van der Waals surface area contributed by atoms with Crippen molar-refractivity contribution in [1.29, 1.82) is 0 Å². The highest BCUT2D eigenvalue weighted by Crippen LogP contribution is 2.39. The number of para-hydroxylation sites is 3. The second-order valence-corrected chi connectivity index (χ2v) is 16.6. The van der Waals surface area contributed by atoms with Gasteiger partial charge in [-0.25, -0.2) is 4.98 Å². The lowest BCUT2D eigenvalue weighted by Crippen LogP contribution is -2.32. The number of fused-ring (bicyclic) bond motifs is 4. The zero-order valence-electron chi connectivity index (χ0n) is 45.6. The van der Waals surface area contributed by atoms with E-state index in [0.29, 0.717) is 28.4 Å². The zero-order valence-corrected chi connectivity index (χ0v) is 35.6. The summed E-state index contributed by atoms with van der Waals surface area (Å²) < 4.78 is 101. The lowest BCUT2D eigenvalue weighted by Gasteiger charge is -2.30. The number of anilines is 2. The van der Waals surface area contributed by atoms with E-state index in [0.717, 1.165) is 97.3 Å². The SMILES string of the molecule is [2H]c1c([2H])c([2H])c(-c2cccc(-c3c([2H])c([2H])c([2H])c([2H])c3[2H])c2-[n+]2[c-]n(-c3cc(Oc4ccc5c6ccccc6n(-c6cc(N7CCCCC7)ccn6)c5c4)ccn3)c3c(N4CCCCC4)cccc32)c([2H])c1[2H]. The first-order valence-electron chi connectivity index (χ1n) is 27.3. The highest BCUT2D eigenvalue weighted by atomic mass is 16.5. The molecule has 2 aliphatic heterocycles. The first kappa shape index (κ1) is 29.6. The molecule has 6 heterocycles. The number of ether oxygens (including phenoxy) is 1. The molecule has 10 aromatic rings. The zero-order chi connectivity index (χ0) is 51.8. The lowest BCUT2D eigenvalue weighted by molar-refractivity contribution is -0.571. The summed E-state index contributed by atoms with van der Waals surface area (Å²) in [5, 5.41) is 2.14. The van der Waals surface area contributed by atoms with Crippen LogP contribution >= 0.6 is 0 Å². The van der Waals surface area contributed by atoms with Crippen LogP contribution in [-0.4, -0.2) is 45.3 Å². The Morgan fingerprint density at radius 2 is 1.20 bits per heavy atom. The van der Waals surface area contributed by atoms with Gasteiger partial charge in [0.1, 0.15) is 22.8 Å². The molecule has 6 aromatic carbocycles. The van der Waals surface area contributed by atoms with Crippen LogP contribution in [0.15, 0.2) is 176 Å². The molecule has 12 rings (SSSR count). The lowest BCUT2D eigenvalue weighted by atomic mass is 9.95. The van der Waals surface area contributed by atoms with Crippen molar-refractivity contribution in [3.63, 3.8) is 0 Å². The topological polar surface area (TPSA) is 55.2 Å². The highest BCUT2D eigenvalue weighted by molar-refractivity contribution is 6.09. The summed E-state index contributed by atoms with van der Waals surface area (Å²) in [6, 6.07) is 27.7. The third kappa shape index (κ3) is 7.15. The minimum Gasteiger partial charge on any atom is -0.458 e. The summed E-state index contributed by atoms with van der Waals surface area (Å²) in [5.41, 5.74) is 5.45. The van der Waals surface area contributed by atoms with E-state index in [-0.39, 0.29) is 27.9 Å². The molecular formula is C57H49N7O. The van der Waals surface area contributed by atoms with Crippen LogP contribution in [0.3, 0.4) is 0 Å². The van der Waals surface area contributed by atoms with Crippen LogP contribution in [0.4, 0.5) is 11.4 Å². The second kappa shape index (κ2) is 16.8. The van der Waals surface area contributed by atoms with E-state index in [2.05, 4.69) is 51.0 Å². The fraction of sp³-hybridized carbons (Fsp3) is 0.175. The maximum absolute atomic E-state index is 9.16. The van der Waals surface area contributed by atoms with E-state index < -0.39 is 60.4 Å². The van der Waals surface area contributed by atoms with Gasteiger partial charge in [0.25, 0.3) is 6.33 Å². The monoisotopic (exact) mass is 857 g/mol. The minimum atomic E-state index is -0.565. The number of rotatable bonds is 9. The highest BCUT2D eigenvalue weighted by Gasteiger charge is 2.25. The number of pyridine rings is 2. The van der Waals surface area contributed by atoms with Gasteiger partial charge in [0.2, 0.25) is 0 Å². The molecule has 8 heteroatoms. The van der Waals surface area contributed by atoms with Crippen molar-refractivity contribution in [2.24, 2.45) is 0 Å². The van der Waals surface area contributed by atoms with Crippen LogP contribution in [0.5, 0.6) is 11.5 Å². The normalized spacial score (nSPS) is 16.6. The molecule has 0 aliphatic carbocycles. The van der Waals surface area contributed by atoms with Crippen molar-refractivity contribution in [3.8, 4) is 51.1 Å². The molecule has 0 amide bonds. The molecule has 0 unspecified atom stereocenters. The van der Waals surface area contributed by atoms with Crippen molar-refractivity contribution in [1.82, 2.24) is 19.1 Å². The Bertz CT molecular complexity index is 3790. The van der Waals surface area contributed by atoms with Crippen LogP contribution in [0.1, 0.15) is 52.2 Å². The van der Waals surface area contributed by atoms with Crippen LogP contribution in [0.25, 0.3) is 72.4 Å². The van der Waals surface area contributed by atoms with E-state index in [4.69, 9.17) is 28.4 Å². The third-order valence-electron chi connectivity index (χ3n) is 12.7. The fourth-order valence-corrected chi connectivity index (χ4v) is 9.68. The largest absolute Gasteiger partial charge is 0.458 e. The van der Waals surface area contributed by atoms with Gasteiger partial charge in [-0.1, -0.05) is 109 Å². The van der Waals surface area contributed by atoms with Crippen LogP contribution in [0, 0.1) is 6.33 Å². The molecule has 0 atom stereocenters. The molecule has 0 bridgehead atoms. The number of imidazole rings is 1. The predicted molar refractivity (Wildman–Crippen MR) is 263 cm³/mol. The molecule has 4 aromatic heterocycles. The Labute approximate surface area is 393 Å². The average molecular weight is 858 g/mol. The first-order valence-corrected chi connectivity index (χ1v) is 22.3. The van der Waals surface area contributed by atoms with Gasteiger partial charge in [0.05, 0.1) is 35.9 Å². The van der Waals surface area contributed by atoms with Gasteiger partial charge in [0, 0.05) is 78.9 Å². The van der Waals surface area contributed by atoms with Gasteiger partial charge in [-0.15, -0.1) is 0 Å². The van der Waals surface area contributed by atoms with E-state index in [1.165, 1.54) is 6.42 Å². The smallest absolute Gasteiger partial charge is 0.271 e.